The van der Waals surface area contributed by atoms with Crippen LogP contribution in [-0.4, -0.2) is 23.2 Å². The zero-order valence-corrected chi connectivity index (χ0v) is 10.8. The molecule has 0 aromatic heterocycles. The van der Waals surface area contributed by atoms with Crippen molar-refractivity contribution in [2.45, 2.75) is 0 Å². The van der Waals surface area contributed by atoms with Gasteiger partial charge in [-0.15, -0.1) is 0 Å². The number of fused-ring (bicyclic) bond motifs is 1. The molecule has 0 saturated carbocycles. The van der Waals surface area contributed by atoms with Gasteiger partial charge in [0, 0.05) is 10.6 Å². The number of aliphatic imine (C=N–C) groups is 1. The highest BCUT2D eigenvalue weighted by Gasteiger charge is 2.21. The smallest absolute Gasteiger partial charge is 0.228 e. The van der Waals surface area contributed by atoms with Crippen molar-refractivity contribution in [2.24, 2.45) is 4.99 Å². The van der Waals surface area contributed by atoms with Gasteiger partial charge >= 0.3 is 0 Å². The van der Waals surface area contributed by atoms with Crippen LogP contribution in [0.15, 0.2) is 53.5 Å². The van der Waals surface area contributed by atoms with E-state index in [2.05, 4.69) is 4.99 Å². The van der Waals surface area contributed by atoms with Gasteiger partial charge in [-0.25, -0.2) is 0 Å². The Labute approximate surface area is 116 Å². The molecule has 2 aromatic carbocycles. The van der Waals surface area contributed by atoms with Crippen LogP contribution in [-0.2, 0) is 0 Å². The Morgan fingerprint density at radius 1 is 1.11 bits per heavy atom. The van der Waals surface area contributed by atoms with Crippen LogP contribution < -0.4 is 0 Å². The molecule has 0 aliphatic carbocycles. The normalized spacial score (nSPS) is 14.2. The van der Waals surface area contributed by atoms with Crippen LogP contribution in [0, 0.1) is 5.21 Å². The predicted molar refractivity (Wildman–Crippen MR) is 77.8 cm³/mol. The molecule has 0 unspecified atom stereocenters. The van der Waals surface area contributed by atoms with Crippen molar-refractivity contribution in [1.29, 1.82) is 0 Å². The highest BCUT2D eigenvalue weighted by atomic mass is 35.5. The molecule has 0 spiro atoms. The Morgan fingerprint density at radius 3 is 2.68 bits per heavy atom. The topological polar surface area (TPSA) is 38.4 Å². The Bertz CT molecular complexity index is 678. The summed E-state index contributed by atoms with van der Waals surface area (Å²) in [5.41, 5.74) is 3.01. The summed E-state index contributed by atoms with van der Waals surface area (Å²) in [4.78, 5) is 4.31. The van der Waals surface area contributed by atoms with E-state index in [4.69, 9.17) is 11.6 Å². The molecule has 19 heavy (non-hydrogen) atoms. The molecule has 0 radical (unpaired) electrons. The van der Waals surface area contributed by atoms with E-state index in [9.17, 15) is 5.21 Å². The molecule has 1 aliphatic rings. The van der Waals surface area contributed by atoms with Gasteiger partial charge in [-0.2, -0.15) is 4.74 Å². The highest BCUT2D eigenvalue weighted by molar-refractivity contribution is 6.31. The largest absolute Gasteiger partial charge is 0.623 e. The molecule has 4 heteroatoms. The van der Waals surface area contributed by atoms with E-state index in [-0.39, 0.29) is 6.54 Å². The summed E-state index contributed by atoms with van der Waals surface area (Å²) in [6, 6.07) is 15.0. The maximum Gasteiger partial charge on any atom is 0.228 e. The van der Waals surface area contributed by atoms with Crippen LogP contribution in [0.3, 0.4) is 0 Å². The van der Waals surface area contributed by atoms with Crippen molar-refractivity contribution in [2.75, 3.05) is 6.54 Å². The molecule has 0 atom stereocenters. The van der Waals surface area contributed by atoms with Gasteiger partial charge in [-0.3, -0.25) is 4.99 Å². The number of hydrogen-bond donors (Lipinski definition) is 0. The number of hydroxylamine groups is 1. The van der Waals surface area contributed by atoms with Crippen molar-refractivity contribution in [3.05, 3.63) is 69.9 Å². The Balaban J connectivity index is 2.27. The minimum Gasteiger partial charge on any atom is -0.623 e. The lowest BCUT2D eigenvalue weighted by molar-refractivity contribution is -0.437. The van der Waals surface area contributed by atoms with Gasteiger partial charge in [0.25, 0.3) is 0 Å². The number of halogens is 1. The summed E-state index contributed by atoms with van der Waals surface area (Å²) in [5, 5.41) is 12.8. The number of rotatable bonds is 1. The molecule has 94 valence electrons. The maximum atomic E-state index is 12.2. The van der Waals surface area contributed by atoms with Gasteiger partial charge in [0.2, 0.25) is 5.71 Å². The van der Waals surface area contributed by atoms with E-state index in [1.54, 1.807) is 18.3 Å². The standard InChI is InChI=1S/C15H11ClN2O/c16-12-6-7-14-13(10-12)15(18(19)9-8-17-14)11-4-2-1-3-5-11/h1-8,10H,9H2. The van der Waals surface area contributed by atoms with E-state index < -0.39 is 0 Å². The van der Waals surface area contributed by atoms with Crippen molar-refractivity contribution in [1.82, 2.24) is 0 Å². The molecule has 0 saturated heterocycles. The van der Waals surface area contributed by atoms with Gasteiger partial charge in [0.15, 0.2) is 6.54 Å². The summed E-state index contributed by atoms with van der Waals surface area (Å²) in [5.74, 6) is 0. The fourth-order valence-corrected chi connectivity index (χ4v) is 2.32. The van der Waals surface area contributed by atoms with Gasteiger partial charge < -0.3 is 5.21 Å². The molecule has 0 N–H and O–H groups in total. The van der Waals surface area contributed by atoms with E-state index >= 15 is 0 Å². The minimum absolute atomic E-state index is 0.233. The zero-order valence-electron chi connectivity index (χ0n) is 10.1. The first-order chi connectivity index (χ1) is 9.25. The number of benzene rings is 2. The molecule has 0 fully saturated rings. The Kier molecular flexibility index (Phi) is 3.05. The van der Waals surface area contributed by atoms with E-state index in [1.807, 2.05) is 36.4 Å². The average molecular weight is 271 g/mol. The third kappa shape index (κ3) is 2.25. The molecule has 0 amide bonds. The second-order valence-corrected chi connectivity index (χ2v) is 4.69. The first kappa shape index (κ1) is 11.9. The summed E-state index contributed by atoms with van der Waals surface area (Å²) < 4.78 is 0.945. The van der Waals surface area contributed by atoms with E-state index in [0.717, 1.165) is 21.6 Å². The van der Waals surface area contributed by atoms with Crippen LogP contribution in [0.5, 0.6) is 0 Å². The molecular formula is C15H11ClN2O. The molecule has 0 bridgehead atoms. The number of hydrogen-bond acceptors (Lipinski definition) is 2. The summed E-state index contributed by atoms with van der Waals surface area (Å²) in [7, 11) is 0. The first-order valence-corrected chi connectivity index (χ1v) is 6.33. The van der Waals surface area contributed by atoms with E-state index in [1.165, 1.54) is 0 Å². The van der Waals surface area contributed by atoms with E-state index in [0.29, 0.717) is 10.7 Å². The summed E-state index contributed by atoms with van der Waals surface area (Å²) in [6.07, 6.45) is 1.62. The van der Waals surface area contributed by atoms with Crippen LogP contribution in [0.25, 0.3) is 0 Å². The number of nitrogens with zero attached hydrogens (tertiary/aromatic N) is 2. The molecule has 2 aromatic rings. The van der Waals surface area contributed by atoms with Crippen LogP contribution in [0.1, 0.15) is 11.1 Å². The molecule has 3 rings (SSSR count). The third-order valence-corrected chi connectivity index (χ3v) is 3.22. The van der Waals surface area contributed by atoms with Gasteiger partial charge in [-0.05, 0) is 30.3 Å². The van der Waals surface area contributed by atoms with Crippen LogP contribution in [0.4, 0.5) is 5.69 Å². The molecular weight excluding hydrogens is 260 g/mol. The minimum atomic E-state index is 0.233. The summed E-state index contributed by atoms with van der Waals surface area (Å²) in [6.45, 7) is 0.233. The predicted octanol–water partition coefficient (Wildman–Crippen LogP) is 3.40. The third-order valence-electron chi connectivity index (χ3n) is 2.99. The van der Waals surface area contributed by atoms with Gasteiger partial charge in [0.1, 0.15) is 0 Å². The lowest BCUT2D eigenvalue weighted by atomic mass is 10.0. The molecule has 1 aliphatic heterocycles. The second-order valence-electron chi connectivity index (χ2n) is 4.25. The molecule has 3 nitrogen and oxygen atoms in total. The highest BCUT2D eigenvalue weighted by Crippen LogP contribution is 2.27. The maximum absolute atomic E-state index is 12.2. The van der Waals surface area contributed by atoms with Crippen molar-refractivity contribution >= 4 is 29.2 Å². The van der Waals surface area contributed by atoms with Crippen molar-refractivity contribution in [3.63, 3.8) is 0 Å². The molecule has 1 heterocycles. The van der Waals surface area contributed by atoms with Gasteiger partial charge in [0.05, 0.1) is 17.5 Å². The quantitative estimate of drug-likeness (QED) is 0.578. The summed E-state index contributed by atoms with van der Waals surface area (Å²) >= 11 is 6.04. The van der Waals surface area contributed by atoms with Crippen LogP contribution >= 0.6 is 11.6 Å². The fourth-order valence-electron chi connectivity index (χ4n) is 2.14. The Hall–Kier alpha value is -2.13. The van der Waals surface area contributed by atoms with Crippen LogP contribution in [0.2, 0.25) is 5.02 Å². The average Bonchev–Trinajstić information content (AvgIpc) is 2.58. The fraction of sp³-hybridized carbons (Fsp3) is 0.0667. The SMILES string of the molecule is [O-][N+]1=C(c2ccccc2)c2cc(Cl)ccc2N=CC1. The first-order valence-electron chi connectivity index (χ1n) is 5.95. The zero-order chi connectivity index (χ0) is 13.2. The second kappa shape index (κ2) is 4.86. The Morgan fingerprint density at radius 2 is 1.89 bits per heavy atom. The van der Waals surface area contributed by atoms with Gasteiger partial charge in [-0.1, -0.05) is 29.8 Å². The lowest BCUT2D eigenvalue weighted by Gasteiger charge is -2.10. The lowest BCUT2D eigenvalue weighted by Crippen LogP contribution is -2.18. The van der Waals surface area contributed by atoms with Crippen molar-refractivity contribution < 1.29 is 4.74 Å². The monoisotopic (exact) mass is 270 g/mol. The van der Waals surface area contributed by atoms with Crippen molar-refractivity contribution in [3.8, 4) is 0 Å².